The molecule has 13 heavy (non-hydrogen) atoms. The molecule has 0 aromatic carbocycles. The SMILES string of the molecule is CNc1nccc(F)c1OC1CC1. The molecule has 0 amide bonds. The van der Waals surface area contributed by atoms with Gasteiger partial charge in [0.05, 0.1) is 6.10 Å². The third kappa shape index (κ3) is 1.71. The summed E-state index contributed by atoms with van der Waals surface area (Å²) in [6, 6.07) is 1.30. The molecule has 1 fully saturated rings. The molecule has 2 rings (SSSR count). The van der Waals surface area contributed by atoms with Crippen LogP contribution in [0, 0.1) is 5.82 Å². The van der Waals surface area contributed by atoms with Crippen LogP contribution in [-0.2, 0) is 0 Å². The molecule has 0 bridgehead atoms. The summed E-state index contributed by atoms with van der Waals surface area (Å²) in [6.07, 6.45) is 3.63. The van der Waals surface area contributed by atoms with Crippen molar-refractivity contribution in [2.24, 2.45) is 0 Å². The predicted molar refractivity (Wildman–Crippen MR) is 47.4 cm³/mol. The molecule has 1 heterocycles. The molecule has 1 aromatic rings. The van der Waals surface area contributed by atoms with Gasteiger partial charge in [-0.3, -0.25) is 0 Å². The smallest absolute Gasteiger partial charge is 0.197 e. The highest BCUT2D eigenvalue weighted by Crippen LogP contribution is 2.32. The van der Waals surface area contributed by atoms with Crippen LogP contribution in [0.25, 0.3) is 0 Å². The van der Waals surface area contributed by atoms with Crippen LogP contribution in [0.2, 0.25) is 0 Å². The third-order valence-corrected chi connectivity index (χ3v) is 1.90. The van der Waals surface area contributed by atoms with Gasteiger partial charge in [-0.25, -0.2) is 9.37 Å². The van der Waals surface area contributed by atoms with E-state index in [-0.39, 0.29) is 17.7 Å². The third-order valence-electron chi connectivity index (χ3n) is 1.90. The van der Waals surface area contributed by atoms with E-state index in [2.05, 4.69) is 10.3 Å². The average Bonchev–Trinajstić information content (AvgIpc) is 2.92. The molecule has 0 atom stereocenters. The van der Waals surface area contributed by atoms with E-state index in [9.17, 15) is 4.39 Å². The van der Waals surface area contributed by atoms with Gasteiger partial charge in [-0.05, 0) is 18.9 Å². The molecule has 1 saturated carbocycles. The van der Waals surface area contributed by atoms with Gasteiger partial charge in [-0.15, -0.1) is 0 Å². The summed E-state index contributed by atoms with van der Waals surface area (Å²) >= 11 is 0. The zero-order chi connectivity index (χ0) is 9.26. The van der Waals surface area contributed by atoms with Crippen molar-refractivity contribution in [3.63, 3.8) is 0 Å². The van der Waals surface area contributed by atoms with Gasteiger partial charge in [-0.2, -0.15) is 0 Å². The molecule has 0 radical (unpaired) electrons. The van der Waals surface area contributed by atoms with Crippen molar-refractivity contribution in [1.29, 1.82) is 0 Å². The Balaban J connectivity index is 2.27. The molecule has 0 saturated heterocycles. The number of halogens is 1. The summed E-state index contributed by atoms with van der Waals surface area (Å²) in [6.45, 7) is 0. The van der Waals surface area contributed by atoms with Crippen molar-refractivity contribution >= 4 is 5.82 Å². The highest BCUT2D eigenvalue weighted by atomic mass is 19.1. The first kappa shape index (κ1) is 8.29. The van der Waals surface area contributed by atoms with Gasteiger partial charge in [0.1, 0.15) is 0 Å². The standard InChI is InChI=1S/C9H11FN2O/c1-11-9-8(13-6-2-3-6)7(10)4-5-12-9/h4-6H,2-3H2,1H3,(H,11,12). The second-order valence-corrected chi connectivity index (χ2v) is 3.04. The van der Waals surface area contributed by atoms with E-state index in [0.29, 0.717) is 5.82 Å². The van der Waals surface area contributed by atoms with Crippen LogP contribution in [0.3, 0.4) is 0 Å². The molecule has 0 spiro atoms. The molecule has 1 aliphatic carbocycles. The molecular weight excluding hydrogens is 171 g/mol. The van der Waals surface area contributed by atoms with Gasteiger partial charge in [0, 0.05) is 13.2 Å². The van der Waals surface area contributed by atoms with Gasteiger partial charge in [0.15, 0.2) is 17.4 Å². The number of nitrogens with zero attached hydrogens (tertiary/aromatic N) is 1. The first-order valence-corrected chi connectivity index (χ1v) is 4.30. The number of hydrogen-bond acceptors (Lipinski definition) is 3. The summed E-state index contributed by atoms with van der Waals surface area (Å²) in [5, 5.41) is 2.79. The van der Waals surface area contributed by atoms with E-state index in [1.807, 2.05) is 0 Å². The minimum atomic E-state index is -0.355. The maximum atomic E-state index is 13.2. The fourth-order valence-corrected chi connectivity index (χ4v) is 1.07. The maximum Gasteiger partial charge on any atom is 0.197 e. The Labute approximate surface area is 75.9 Å². The molecule has 70 valence electrons. The number of aromatic nitrogens is 1. The second kappa shape index (κ2) is 3.20. The Morgan fingerprint density at radius 2 is 2.38 bits per heavy atom. The van der Waals surface area contributed by atoms with Crippen LogP contribution >= 0.6 is 0 Å². The normalized spacial score (nSPS) is 15.5. The molecule has 1 aliphatic rings. The van der Waals surface area contributed by atoms with Gasteiger partial charge in [0.2, 0.25) is 0 Å². The number of rotatable bonds is 3. The van der Waals surface area contributed by atoms with Crippen molar-refractivity contribution in [2.75, 3.05) is 12.4 Å². The lowest BCUT2D eigenvalue weighted by atomic mass is 10.4. The Bertz CT molecular complexity index is 312. The number of nitrogens with one attached hydrogen (secondary N) is 1. The van der Waals surface area contributed by atoms with Crippen LogP contribution in [0.4, 0.5) is 10.2 Å². The summed E-state index contributed by atoms with van der Waals surface area (Å²) in [5.41, 5.74) is 0. The Morgan fingerprint density at radius 3 is 3.00 bits per heavy atom. The van der Waals surface area contributed by atoms with E-state index in [0.717, 1.165) is 12.8 Å². The van der Waals surface area contributed by atoms with E-state index in [1.165, 1.54) is 12.3 Å². The zero-order valence-electron chi connectivity index (χ0n) is 7.38. The number of hydrogen-bond donors (Lipinski definition) is 1. The van der Waals surface area contributed by atoms with Crippen molar-refractivity contribution in [3.05, 3.63) is 18.1 Å². The predicted octanol–water partition coefficient (Wildman–Crippen LogP) is 1.80. The maximum absolute atomic E-state index is 13.2. The van der Waals surface area contributed by atoms with Crippen molar-refractivity contribution in [2.45, 2.75) is 18.9 Å². The molecule has 1 aromatic heterocycles. The zero-order valence-corrected chi connectivity index (χ0v) is 7.38. The van der Waals surface area contributed by atoms with Crippen LogP contribution < -0.4 is 10.1 Å². The molecular formula is C9H11FN2O. The lowest BCUT2D eigenvalue weighted by Gasteiger charge is -2.09. The quantitative estimate of drug-likeness (QED) is 0.774. The van der Waals surface area contributed by atoms with Crippen molar-refractivity contribution in [1.82, 2.24) is 4.98 Å². The Hall–Kier alpha value is -1.32. The Kier molecular flexibility index (Phi) is 2.04. The van der Waals surface area contributed by atoms with Crippen LogP contribution in [0.5, 0.6) is 5.75 Å². The van der Waals surface area contributed by atoms with Crippen molar-refractivity contribution in [3.8, 4) is 5.75 Å². The largest absolute Gasteiger partial charge is 0.484 e. The molecule has 3 nitrogen and oxygen atoms in total. The molecule has 0 aliphatic heterocycles. The fourth-order valence-electron chi connectivity index (χ4n) is 1.07. The lowest BCUT2D eigenvalue weighted by Crippen LogP contribution is -2.03. The number of ether oxygens (including phenoxy) is 1. The van der Waals surface area contributed by atoms with Gasteiger partial charge in [0.25, 0.3) is 0 Å². The summed E-state index contributed by atoms with van der Waals surface area (Å²) in [4.78, 5) is 3.96. The first-order valence-electron chi connectivity index (χ1n) is 4.30. The highest BCUT2D eigenvalue weighted by molar-refractivity contribution is 5.50. The van der Waals surface area contributed by atoms with Gasteiger partial charge >= 0.3 is 0 Å². The van der Waals surface area contributed by atoms with E-state index in [4.69, 9.17) is 4.74 Å². The van der Waals surface area contributed by atoms with E-state index in [1.54, 1.807) is 7.05 Å². The number of anilines is 1. The summed E-state index contributed by atoms with van der Waals surface area (Å²) in [7, 11) is 1.70. The van der Waals surface area contributed by atoms with Crippen LogP contribution in [0.1, 0.15) is 12.8 Å². The molecule has 0 unspecified atom stereocenters. The first-order chi connectivity index (χ1) is 6.31. The average molecular weight is 182 g/mol. The molecule has 1 N–H and O–H groups in total. The minimum absolute atomic E-state index is 0.186. The monoisotopic (exact) mass is 182 g/mol. The van der Waals surface area contributed by atoms with Gasteiger partial charge in [-0.1, -0.05) is 0 Å². The summed E-state index contributed by atoms with van der Waals surface area (Å²) in [5.74, 6) is 0.352. The molecule has 4 heteroatoms. The fraction of sp³-hybridized carbons (Fsp3) is 0.444. The lowest BCUT2D eigenvalue weighted by molar-refractivity contribution is 0.288. The second-order valence-electron chi connectivity index (χ2n) is 3.04. The van der Waals surface area contributed by atoms with Crippen LogP contribution in [0.15, 0.2) is 12.3 Å². The van der Waals surface area contributed by atoms with Crippen molar-refractivity contribution < 1.29 is 9.13 Å². The van der Waals surface area contributed by atoms with E-state index >= 15 is 0 Å². The number of pyridine rings is 1. The highest BCUT2D eigenvalue weighted by Gasteiger charge is 2.26. The van der Waals surface area contributed by atoms with E-state index < -0.39 is 0 Å². The van der Waals surface area contributed by atoms with Gasteiger partial charge < -0.3 is 10.1 Å². The Morgan fingerprint density at radius 1 is 1.62 bits per heavy atom. The topological polar surface area (TPSA) is 34.2 Å². The van der Waals surface area contributed by atoms with Crippen LogP contribution in [-0.4, -0.2) is 18.1 Å². The summed E-state index contributed by atoms with van der Waals surface area (Å²) < 4.78 is 18.6. The minimum Gasteiger partial charge on any atom is -0.484 e.